The maximum atomic E-state index is 12.1. The lowest BCUT2D eigenvalue weighted by molar-refractivity contribution is -0.129. The predicted molar refractivity (Wildman–Crippen MR) is 103 cm³/mol. The summed E-state index contributed by atoms with van der Waals surface area (Å²) in [6.07, 6.45) is 0.897. The highest BCUT2D eigenvalue weighted by atomic mass is 16.5. The number of hydrogen-bond acceptors (Lipinski definition) is 4. The van der Waals surface area contributed by atoms with E-state index in [0.717, 1.165) is 11.3 Å². The molecule has 0 spiro atoms. The molecule has 0 heterocycles. The molecule has 0 bridgehead atoms. The third kappa shape index (κ3) is 6.48. The van der Waals surface area contributed by atoms with Gasteiger partial charge in [0, 0.05) is 32.1 Å². The smallest absolute Gasteiger partial charge is 0.226 e. The Kier molecular flexibility index (Phi) is 7.38. The first-order chi connectivity index (χ1) is 13.0. The van der Waals surface area contributed by atoms with Gasteiger partial charge in [-0.15, -0.1) is 0 Å². The topological polar surface area (TPSA) is 82.4 Å². The lowest BCUT2D eigenvalue weighted by Crippen LogP contribution is -2.33. The fourth-order valence-electron chi connectivity index (χ4n) is 2.61. The number of anilines is 1. The van der Waals surface area contributed by atoms with Crippen LogP contribution in [0, 0.1) is 11.3 Å². The Balaban J connectivity index is 1.85. The molecule has 27 heavy (non-hydrogen) atoms. The van der Waals surface area contributed by atoms with Gasteiger partial charge in [0.2, 0.25) is 11.8 Å². The van der Waals surface area contributed by atoms with Crippen molar-refractivity contribution in [3.05, 3.63) is 59.7 Å². The summed E-state index contributed by atoms with van der Waals surface area (Å²) >= 11 is 0. The fourth-order valence-corrected chi connectivity index (χ4v) is 2.61. The van der Waals surface area contributed by atoms with Gasteiger partial charge in [0.15, 0.2) is 0 Å². The second-order valence-electron chi connectivity index (χ2n) is 6.09. The highest BCUT2D eigenvalue weighted by molar-refractivity contribution is 5.91. The van der Waals surface area contributed by atoms with E-state index < -0.39 is 0 Å². The molecule has 2 aromatic carbocycles. The molecule has 6 heteroatoms. The zero-order chi connectivity index (χ0) is 19.6. The zero-order valence-electron chi connectivity index (χ0n) is 15.6. The Morgan fingerprint density at radius 1 is 1.15 bits per heavy atom. The minimum absolute atomic E-state index is 0.0669. The van der Waals surface area contributed by atoms with Crippen LogP contribution < -0.4 is 10.1 Å². The lowest BCUT2D eigenvalue weighted by atomic mass is 10.1. The van der Waals surface area contributed by atoms with Gasteiger partial charge < -0.3 is 15.0 Å². The number of ether oxygens (including phenoxy) is 1. The van der Waals surface area contributed by atoms with Crippen LogP contribution in [-0.4, -0.2) is 36.9 Å². The van der Waals surface area contributed by atoms with E-state index in [0.29, 0.717) is 30.8 Å². The van der Waals surface area contributed by atoms with Crippen LogP contribution in [0.25, 0.3) is 0 Å². The second-order valence-corrected chi connectivity index (χ2v) is 6.09. The Bertz CT molecular complexity index is 825. The van der Waals surface area contributed by atoms with Crippen molar-refractivity contribution < 1.29 is 14.3 Å². The van der Waals surface area contributed by atoms with Gasteiger partial charge in [0.05, 0.1) is 18.7 Å². The SMILES string of the molecule is COc1ccc(CCN(CCC(=O)Nc2cccc(C#N)c2)C(C)=O)cc1. The van der Waals surface area contributed by atoms with Crippen molar-refractivity contribution in [2.45, 2.75) is 19.8 Å². The van der Waals surface area contributed by atoms with Crippen LogP contribution in [0.1, 0.15) is 24.5 Å². The first kappa shape index (κ1) is 20.0. The molecular formula is C21H23N3O3. The third-order valence-electron chi connectivity index (χ3n) is 4.16. The van der Waals surface area contributed by atoms with Gasteiger partial charge in [-0.25, -0.2) is 0 Å². The van der Waals surface area contributed by atoms with Crippen LogP contribution in [0.5, 0.6) is 5.75 Å². The van der Waals surface area contributed by atoms with E-state index in [1.54, 1.807) is 36.3 Å². The van der Waals surface area contributed by atoms with Gasteiger partial charge in [-0.2, -0.15) is 5.26 Å². The molecule has 2 amide bonds. The van der Waals surface area contributed by atoms with Crippen molar-refractivity contribution in [3.63, 3.8) is 0 Å². The van der Waals surface area contributed by atoms with E-state index >= 15 is 0 Å². The summed E-state index contributed by atoms with van der Waals surface area (Å²) in [5, 5.41) is 11.7. The summed E-state index contributed by atoms with van der Waals surface area (Å²) in [5.41, 5.74) is 2.16. The first-order valence-electron chi connectivity index (χ1n) is 8.70. The molecule has 6 nitrogen and oxygen atoms in total. The standard InChI is InChI=1S/C21H23N3O3/c1-16(25)24(12-10-17-6-8-20(27-2)9-7-17)13-11-21(26)23-19-5-3-4-18(14-19)15-22/h3-9,14H,10-13H2,1-2H3,(H,23,26). The number of nitrogens with zero attached hydrogens (tertiary/aromatic N) is 2. The molecule has 0 fully saturated rings. The second kappa shape index (κ2) is 9.97. The Morgan fingerprint density at radius 3 is 2.52 bits per heavy atom. The van der Waals surface area contributed by atoms with Crippen molar-refractivity contribution in [2.75, 3.05) is 25.5 Å². The monoisotopic (exact) mass is 365 g/mol. The molecule has 0 unspecified atom stereocenters. The Hall–Kier alpha value is -3.33. The summed E-state index contributed by atoms with van der Waals surface area (Å²) in [6.45, 7) is 2.39. The van der Waals surface area contributed by atoms with E-state index in [9.17, 15) is 9.59 Å². The Labute approximate surface area is 159 Å². The van der Waals surface area contributed by atoms with Crippen LogP contribution in [0.15, 0.2) is 48.5 Å². The maximum Gasteiger partial charge on any atom is 0.226 e. The predicted octanol–water partition coefficient (Wildman–Crippen LogP) is 2.99. The van der Waals surface area contributed by atoms with Crippen molar-refractivity contribution in [1.82, 2.24) is 4.90 Å². The highest BCUT2D eigenvalue weighted by Gasteiger charge is 2.12. The number of hydrogen-bond donors (Lipinski definition) is 1. The molecule has 0 aliphatic heterocycles. The van der Waals surface area contributed by atoms with Gasteiger partial charge in [0.1, 0.15) is 5.75 Å². The minimum Gasteiger partial charge on any atom is -0.497 e. The summed E-state index contributed by atoms with van der Waals surface area (Å²) in [6, 6.07) is 16.5. The van der Waals surface area contributed by atoms with Crippen molar-refractivity contribution in [3.8, 4) is 11.8 Å². The summed E-state index contributed by atoms with van der Waals surface area (Å²) in [4.78, 5) is 25.7. The number of rotatable bonds is 8. The number of methoxy groups -OCH3 is 1. The average molecular weight is 365 g/mol. The van der Waals surface area contributed by atoms with Crippen LogP contribution in [-0.2, 0) is 16.0 Å². The summed E-state index contributed by atoms with van der Waals surface area (Å²) in [5.74, 6) is 0.530. The normalized spacial score (nSPS) is 9.96. The maximum absolute atomic E-state index is 12.1. The number of benzene rings is 2. The molecular weight excluding hydrogens is 342 g/mol. The first-order valence-corrected chi connectivity index (χ1v) is 8.70. The zero-order valence-corrected chi connectivity index (χ0v) is 15.6. The van der Waals surface area contributed by atoms with Gasteiger partial charge in [-0.05, 0) is 42.3 Å². The number of carbonyl (C=O) groups is 2. The van der Waals surface area contributed by atoms with Crippen LogP contribution in [0.4, 0.5) is 5.69 Å². The van der Waals surface area contributed by atoms with Crippen molar-refractivity contribution >= 4 is 17.5 Å². The van der Waals surface area contributed by atoms with Gasteiger partial charge in [-0.3, -0.25) is 9.59 Å². The third-order valence-corrected chi connectivity index (χ3v) is 4.16. The van der Waals surface area contributed by atoms with Crippen LogP contribution in [0.2, 0.25) is 0 Å². The number of amides is 2. The molecule has 1 N–H and O–H groups in total. The van der Waals surface area contributed by atoms with Crippen molar-refractivity contribution in [2.24, 2.45) is 0 Å². The van der Waals surface area contributed by atoms with E-state index in [2.05, 4.69) is 5.32 Å². The quantitative estimate of drug-likeness (QED) is 0.780. The molecule has 0 radical (unpaired) electrons. The summed E-state index contributed by atoms with van der Waals surface area (Å²) < 4.78 is 5.13. The number of nitriles is 1. The molecule has 140 valence electrons. The van der Waals surface area contributed by atoms with Crippen LogP contribution in [0.3, 0.4) is 0 Å². The summed E-state index contributed by atoms with van der Waals surface area (Å²) in [7, 11) is 1.62. The Morgan fingerprint density at radius 2 is 1.89 bits per heavy atom. The largest absolute Gasteiger partial charge is 0.497 e. The van der Waals surface area contributed by atoms with E-state index in [1.165, 1.54) is 6.92 Å². The van der Waals surface area contributed by atoms with E-state index in [1.807, 2.05) is 30.3 Å². The van der Waals surface area contributed by atoms with Gasteiger partial charge in [-0.1, -0.05) is 18.2 Å². The van der Waals surface area contributed by atoms with E-state index in [-0.39, 0.29) is 18.2 Å². The molecule has 2 rings (SSSR count). The lowest BCUT2D eigenvalue weighted by Gasteiger charge is -2.21. The molecule has 0 aliphatic carbocycles. The molecule has 0 saturated heterocycles. The fraction of sp³-hybridized carbons (Fsp3) is 0.286. The average Bonchev–Trinajstić information content (AvgIpc) is 2.68. The molecule has 0 aromatic heterocycles. The molecule has 0 saturated carbocycles. The molecule has 0 aliphatic rings. The number of carbonyl (C=O) groups excluding carboxylic acids is 2. The molecule has 2 aromatic rings. The van der Waals surface area contributed by atoms with Gasteiger partial charge >= 0.3 is 0 Å². The van der Waals surface area contributed by atoms with E-state index in [4.69, 9.17) is 10.00 Å². The highest BCUT2D eigenvalue weighted by Crippen LogP contribution is 2.13. The number of nitrogens with one attached hydrogen (secondary N) is 1. The van der Waals surface area contributed by atoms with Crippen LogP contribution >= 0.6 is 0 Å². The minimum atomic E-state index is -0.194. The van der Waals surface area contributed by atoms with Gasteiger partial charge in [0.25, 0.3) is 0 Å². The van der Waals surface area contributed by atoms with Crippen molar-refractivity contribution in [1.29, 1.82) is 5.26 Å². The molecule has 0 atom stereocenters.